The smallest absolute Gasteiger partial charge is 0.357 e. The zero-order valence-electron chi connectivity index (χ0n) is 16.7. The van der Waals surface area contributed by atoms with Crippen LogP contribution in [-0.2, 0) is 16.1 Å². The third-order valence-electron chi connectivity index (χ3n) is 4.44. The molecule has 0 aliphatic carbocycles. The maximum Gasteiger partial charge on any atom is 0.357 e. The molecule has 0 spiro atoms. The Kier molecular flexibility index (Phi) is 5.52. The van der Waals surface area contributed by atoms with Crippen molar-refractivity contribution in [3.8, 4) is 5.75 Å². The van der Waals surface area contributed by atoms with Crippen molar-refractivity contribution >= 4 is 39.4 Å². The average Bonchev–Trinajstić information content (AvgIpc) is 3.08. The quantitative estimate of drug-likeness (QED) is 0.570. The number of fused-ring (bicyclic) bond motifs is 3. The number of allylic oxidation sites excluding steroid dienone is 2. The second-order valence-corrected chi connectivity index (χ2v) is 7.42. The van der Waals surface area contributed by atoms with Crippen LogP contribution in [0.1, 0.15) is 29.9 Å². The summed E-state index contributed by atoms with van der Waals surface area (Å²) in [5, 5.41) is 3.72. The summed E-state index contributed by atoms with van der Waals surface area (Å²) in [5.41, 5.74) is 5.48. The number of hydrogen-bond donors (Lipinski definition) is 2. The summed E-state index contributed by atoms with van der Waals surface area (Å²) < 4.78 is 10.7. The highest BCUT2D eigenvalue weighted by molar-refractivity contribution is 6.31. The van der Waals surface area contributed by atoms with Crippen LogP contribution in [0, 0.1) is 0 Å². The first kappa shape index (κ1) is 20.1. The number of esters is 1. The van der Waals surface area contributed by atoms with Crippen molar-refractivity contribution in [2.75, 3.05) is 7.11 Å². The molecule has 2 N–H and O–H groups in total. The molecule has 4 rings (SSSR count). The Bertz CT molecular complexity index is 1170. The van der Waals surface area contributed by atoms with Gasteiger partial charge in [-0.05, 0) is 38.1 Å². The molecule has 0 atom stereocenters. The van der Waals surface area contributed by atoms with Gasteiger partial charge in [-0.25, -0.2) is 9.78 Å². The number of rotatable bonds is 6. The van der Waals surface area contributed by atoms with E-state index in [0.717, 1.165) is 21.8 Å². The summed E-state index contributed by atoms with van der Waals surface area (Å²) >= 11 is 5.90. The highest BCUT2D eigenvalue weighted by atomic mass is 35.5. The number of H-pyrrole nitrogens is 1. The van der Waals surface area contributed by atoms with Gasteiger partial charge in [-0.3, -0.25) is 5.43 Å². The number of benzene rings is 1. The Hall–Kier alpha value is -3.23. The second kappa shape index (κ2) is 8.25. The molecule has 9 heteroatoms. The number of hydrogen-bond acceptors (Lipinski definition) is 7. The zero-order chi connectivity index (χ0) is 21.3. The van der Waals surface area contributed by atoms with Gasteiger partial charge in [0, 0.05) is 35.2 Å². The predicted octanol–water partition coefficient (Wildman–Crippen LogP) is 4.14. The van der Waals surface area contributed by atoms with Crippen molar-refractivity contribution in [1.82, 2.24) is 20.6 Å². The first-order valence-corrected chi connectivity index (χ1v) is 9.74. The standard InChI is InChI=1S/C21H21ClN4O4/c1-12(2)29-21(27)20-16(11-28-3)19-15-8-14(30-26-7-6-13(22)9-24-26)4-5-17(15)25-18(19)10-23-20/h4-10,12,24-25H,11H2,1-3H3. The lowest BCUT2D eigenvalue weighted by Gasteiger charge is -2.22. The molecule has 0 unspecified atom stereocenters. The minimum Gasteiger partial charge on any atom is -0.458 e. The number of aromatic nitrogens is 2. The fourth-order valence-electron chi connectivity index (χ4n) is 3.25. The van der Waals surface area contributed by atoms with E-state index in [1.54, 1.807) is 45.6 Å². The third-order valence-corrected chi connectivity index (χ3v) is 4.67. The fraction of sp³-hybridized carbons (Fsp3) is 0.238. The Labute approximate surface area is 178 Å². The first-order chi connectivity index (χ1) is 14.5. The van der Waals surface area contributed by atoms with Crippen molar-refractivity contribution in [1.29, 1.82) is 0 Å². The number of carbonyl (C=O) groups excluding carboxylic acids is 1. The van der Waals surface area contributed by atoms with Gasteiger partial charge >= 0.3 is 5.97 Å². The van der Waals surface area contributed by atoms with Gasteiger partial charge in [0.05, 0.1) is 35.7 Å². The second-order valence-electron chi connectivity index (χ2n) is 6.98. The summed E-state index contributed by atoms with van der Waals surface area (Å²) in [7, 11) is 1.58. The van der Waals surface area contributed by atoms with Crippen molar-refractivity contribution in [3.63, 3.8) is 0 Å². The van der Waals surface area contributed by atoms with Crippen molar-refractivity contribution in [3.05, 3.63) is 59.2 Å². The van der Waals surface area contributed by atoms with Gasteiger partial charge in [0.15, 0.2) is 11.4 Å². The first-order valence-electron chi connectivity index (χ1n) is 9.36. The van der Waals surface area contributed by atoms with Gasteiger partial charge in [-0.2, -0.15) is 0 Å². The molecule has 3 heterocycles. The molecular formula is C21H21ClN4O4. The van der Waals surface area contributed by atoms with Crippen molar-refractivity contribution in [2.45, 2.75) is 26.6 Å². The fourth-order valence-corrected chi connectivity index (χ4v) is 3.36. The number of nitrogens with one attached hydrogen (secondary N) is 2. The van der Waals surface area contributed by atoms with E-state index < -0.39 is 5.97 Å². The SMILES string of the molecule is COCc1c(C(=O)OC(C)C)ncc2[nH]c3ccc(ON4C=CC(Cl)=CN4)cc3c12. The minimum atomic E-state index is -0.480. The highest BCUT2D eigenvalue weighted by Crippen LogP contribution is 2.33. The van der Waals surface area contributed by atoms with E-state index >= 15 is 0 Å². The van der Waals surface area contributed by atoms with Crippen LogP contribution in [0.5, 0.6) is 5.75 Å². The molecule has 156 valence electrons. The lowest BCUT2D eigenvalue weighted by atomic mass is 10.1. The lowest BCUT2D eigenvalue weighted by molar-refractivity contribution is -0.0433. The van der Waals surface area contributed by atoms with Crippen LogP contribution in [0.4, 0.5) is 0 Å². The van der Waals surface area contributed by atoms with E-state index in [0.29, 0.717) is 16.3 Å². The number of hydroxylamine groups is 1. The van der Waals surface area contributed by atoms with Gasteiger partial charge in [0.2, 0.25) is 0 Å². The maximum absolute atomic E-state index is 12.6. The van der Waals surface area contributed by atoms with E-state index in [9.17, 15) is 4.79 Å². The Balaban J connectivity index is 1.79. The topological polar surface area (TPSA) is 88.7 Å². The average molecular weight is 429 g/mol. The van der Waals surface area contributed by atoms with E-state index in [1.165, 1.54) is 5.17 Å². The Morgan fingerprint density at radius 1 is 1.30 bits per heavy atom. The largest absolute Gasteiger partial charge is 0.458 e. The number of nitrogens with zero attached hydrogens (tertiary/aromatic N) is 2. The molecular weight excluding hydrogens is 408 g/mol. The number of hydrazine groups is 1. The molecule has 1 aliphatic heterocycles. The minimum absolute atomic E-state index is 0.213. The van der Waals surface area contributed by atoms with Gasteiger partial charge < -0.3 is 19.3 Å². The van der Waals surface area contributed by atoms with Crippen LogP contribution in [-0.4, -0.2) is 34.3 Å². The molecule has 1 aromatic carbocycles. The van der Waals surface area contributed by atoms with Crippen LogP contribution in [0.3, 0.4) is 0 Å². The van der Waals surface area contributed by atoms with Crippen LogP contribution < -0.4 is 10.3 Å². The van der Waals surface area contributed by atoms with Gasteiger partial charge in [0.1, 0.15) is 0 Å². The van der Waals surface area contributed by atoms with Crippen LogP contribution in [0.15, 0.2) is 47.9 Å². The number of aromatic amines is 1. The van der Waals surface area contributed by atoms with E-state index in [1.807, 2.05) is 18.2 Å². The van der Waals surface area contributed by atoms with E-state index in [2.05, 4.69) is 15.4 Å². The van der Waals surface area contributed by atoms with Crippen molar-refractivity contribution < 1.29 is 19.1 Å². The summed E-state index contributed by atoms with van der Waals surface area (Å²) in [6.07, 6.45) is 6.37. The van der Waals surface area contributed by atoms with Crippen LogP contribution in [0.25, 0.3) is 21.8 Å². The number of halogens is 1. The normalized spacial score (nSPS) is 13.6. The Morgan fingerprint density at radius 2 is 2.13 bits per heavy atom. The van der Waals surface area contributed by atoms with Crippen molar-refractivity contribution in [2.24, 2.45) is 0 Å². The summed E-state index contributed by atoms with van der Waals surface area (Å²) in [5.74, 6) is 0.116. The van der Waals surface area contributed by atoms with Gasteiger partial charge in [0.25, 0.3) is 0 Å². The molecule has 30 heavy (non-hydrogen) atoms. The molecule has 0 saturated carbocycles. The van der Waals surface area contributed by atoms with E-state index in [-0.39, 0.29) is 18.4 Å². The molecule has 0 saturated heterocycles. The molecule has 0 bridgehead atoms. The third kappa shape index (κ3) is 3.92. The summed E-state index contributed by atoms with van der Waals surface area (Å²) in [4.78, 5) is 26.1. The molecule has 1 aliphatic rings. The summed E-state index contributed by atoms with van der Waals surface area (Å²) in [6, 6.07) is 5.63. The highest BCUT2D eigenvalue weighted by Gasteiger charge is 2.21. The van der Waals surface area contributed by atoms with Gasteiger partial charge in [-0.15, -0.1) is 5.17 Å². The monoisotopic (exact) mass is 428 g/mol. The molecule has 3 aromatic rings. The van der Waals surface area contributed by atoms with Crippen LogP contribution >= 0.6 is 11.6 Å². The molecule has 0 radical (unpaired) electrons. The summed E-state index contributed by atoms with van der Waals surface area (Å²) in [6.45, 7) is 3.81. The lowest BCUT2D eigenvalue weighted by Crippen LogP contribution is -2.34. The molecule has 2 aromatic heterocycles. The zero-order valence-corrected chi connectivity index (χ0v) is 17.5. The number of carbonyl (C=O) groups is 1. The molecule has 0 amide bonds. The van der Waals surface area contributed by atoms with Crippen LogP contribution in [0.2, 0.25) is 0 Å². The maximum atomic E-state index is 12.6. The molecule has 8 nitrogen and oxygen atoms in total. The molecule has 0 fully saturated rings. The van der Waals surface area contributed by atoms with Gasteiger partial charge in [-0.1, -0.05) is 11.6 Å². The number of ether oxygens (including phenoxy) is 2. The number of methoxy groups -OCH3 is 1. The van der Waals surface area contributed by atoms with E-state index in [4.69, 9.17) is 25.9 Å². The number of pyridine rings is 1. The predicted molar refractivity (Wildman–Crippen MR) is 114 cm³/mol. The Morgan fingerprint density at radius 3 is 2.83 bits per heavy atom.